The lowest BCUT2D eigenvalue weighted by Gasteiger charge is -2.08. The molecule has 0 radical (unpaired) electrons. The third-order valence-corrected chi connectivity index (χ3v) is 3.53. The molecular weight excluding hydrogens is 308 g/mol. The monoisotopic (exact) mass is 313 g/mol. The van der Waals surface area contributed by atoms with E-state index in [-0.39, 0.29) is 0 Å². The Kier molecular flexibility index (Phi) is 5.10. The lowest BCUT2D eigenvalue weighted by molar-refractivity contribution is 1.30. The number of rotatable bonds is 3. The summed E-state index contributed by atoms with van der Waals surface area (Å²) in [6.45, 7) is 0.476. The van der Waals surface area contributed by atoms with Crippen molar-refractivity contribution in [2.75, 3.05) is 11.9 Å². The molecule has 0 saturated heterocycles. The molecule has 1 nitrogen and oxygen atoms in total. The largest absolute Gasteiger partial charge is 0.379 e. The van der Waals surface area contributed by atoms with Crippen molar-refractivity contribution in [3.05, 3.63) is 38.3 Å². The molecule has 0 heterocycles. The van der Waals surface area contributed by atoms with Crippen LogP contribution in [0, 0.1) is 0 Å². The summed E-state index contributed by atoms with van der Waals surface area (Å²) in [5.41, 5.74) is 2.21. The number of nitrogens with one attached hydrogen (secondary N) is 1. The van der Waals surface area contributed by atoms with E-state index in [0.717, 1.165) is 10.2 Å². The van der Waals surface area contributed by atoms with E-state index >= 15 is 0 Å². The maximum absolute atomic E-state index is 5.90. The molecule has 0 aliphatic carbocycles. The van der Waals surface area contributed by atoms with Crippen LogP contribution >= 0.6 is 50.7 Å². The first-order valence-corrected chi connectivity index (χ1v) is 5.76. The minimum atomic E-state index is 0.476. The summed E-state index contributed by atoms with van der Waals surface area (Å²) >= 11 is 20.4. The van der Waals surface area contributed by atoms with Gasteiger partial charge in [-0.15, -0.1) is 0 Å². The molecule has 1 aromatic rings. The van der Waals surface area contributed by atoms with E-state index in [9.17, 15) is 0 Å². The van der Waals surface area contributed by atoms with Gasteiger partial charge in [0.05, 0.1) is 21.7 Å². The standard InChI is InChI=1S/C9H7BrCl3N/c10-9-7(13)2-1-3-8(9)14-5-6(12)4-11/h1-4,14H,5H2/b6-4+. The molecule has 0 amide bonds. The first-order valence-electron chi connectivity index (χ1n) is 3.77. The number of anilines is 1. The first-order chi connectivity index (χ1) is 6.65. The topological polar surface area (TPSA) is 12.0 Å². The second-order valence-electron chi connectivity index (χ2n) is 2.51. The number of hydrogen-bond donors (Lipinski definition) is 1. The SMILES string of the molecule is Cl/C=C(/Cl)CNc1cccc(Cl)c1Br. The van der Waals surface area contributed by atoms with Crippen LogP contribution in [0.1, 0.15) is 0 Å². The van der Waals surface area contributed by atoms with E-state index in [1.54, 1.807) is 6.07 Å². The van der Waals surface area contributed by atoms with Crippen molar-refractivity contribution in [3.8, 4) is 0 Å². The van der Waals surface area contributed by atoms with Gasteiger partial charge < -0.3 is 5.32 Å². The fraction of sp³-hybridized carbons (Fsp3) is 0.111. The van der Waals surface area contributed by atoms with Crippen LogP contribution in [0.15, 0.2) is 33.2 Å². The quantitative estimate of drug-likeness (QED) is 0.842. The third-order valence-electron chi connectivity index (χ3n) is 1.52. The second kappa shape index (κ2) is 5.86. The first kappa shape index (κ1) is 12.2. The molecule has 0 atom stereocenters. The summed E-state index contributed by atoms with van der Waals surface area (Å²) in [5.74, 6) is 0. The lowest BCUT2D eigenvalue weighted by Crippen LogP contribution is -2.01. The van der Waals surface area contributed by atoms with Gasteiger partial charge in [-0.05, 0) is 28.1 Å². The Labute approximate surface area is 106 Å². The highest BCUT2D eigenvalue weighted by atomic mass is 79.9. The van der Waals surface area contributed by atoms with Crippen LogP contribution < -0.4 is 5.32 Å². The Hall–Kier alpha value is 0.110. The van der Waals surface area contributed by atoms with Crippen LogP contribution in [0.5, 0.6) is 0 Å². The Bertz CT molecular complexity index is 352. The molecule has 0 bridgehead atoms. The van der Waals surface area contributed by atoms with Gasteiger partial charge in [0, 0.05) is 10.6 Å². The highest BCUT2D eigenvalue weighted by molar-refractivity contribution is 9.10. The predicted octanol–water partition coefficient (Wildman–Crippen LogP) is 4.83. The smallest absolute Gasteiger partial charge is 0.0593 e. The van der Waals surface area contributed by atoms with Gasteiger partial charge in [-0.3, -0.25) is 0 Å². The van der Waals surface area contributed by atoms with Crippen molar-refractivity contribution < 1.29 is 0 Å². The van der Waals surface area contributed by atoms with Crippen molar-refractivity contribution in [1.29, 1.82) is 0 Å². The number of benzene rings is 1. The van der Waals surface area contributed by atoms with Crippen molar-refractivity contribution in [3.63, 3.8) is 0 Å². The number of halogens is 4. The van der Waals surface area contributed by atoms with E-state index in [4.69, 9.17) is 34.8 Å². The molecule has 1 N–H and O–H groups in total. The molecule has 76 valence electrons. The Balaban J connectivity index is 2.73. The van der Waals surface area contributed by atoms with Crippen LogP contribution in [0.3, 0.4) is 0 Å². The zero-order valence-corrected chi connectivity index (χ0v) is 10.9. The van der Waals surface area contributed by atoms with E-state index in [1.165, 1.54) is 5.54 Å². The maximum Gasteiger partial charge on any atom is 0.0593 e. The molecule has 1 aromatic carbocycles. The van der Waals surface area contributed by atoms with Crippen LogP contribution in [0.2, 0.25) is 5.02 Å². The van der Waals surface area contributed by atoms with Gasteiger partial charge in [-0.1, -0.05) is 40.9 Å². The fourth-order valence-corrected chi connectivity index (χ4v) is 1.58. The van der Waals surface area contributed by atoms with E-state index in [2.05, 4.69) is 21.2 Å². The average Bonchev–Trinajstić information content (AvgIpc) is 2.20. The Morgan fingerprint density at radius 2 is 2.21 bits per heavy atom. The van der Waals surface area contributed by atoms with Crippen LogP contribution in [0.25, 0.3) is 0 Å². The molecule has 1 rings (SSSR count). The minimum Gasteiger partial charge on any atom is -0.379 e. The molecule has 0 fully saturated rings. The summed E-state index contributed by atoms with van der Waals surface area (Å²) < 4.78 is 0.820. The van der Waals surface area contributed by atoms with Gasteiger partial charge in [0.25, 0.3) is 0 Å². The summed E-state index contributed by atoms with van der Waals surface area (Å²) in [5, 5.41) is 4.28. The van der Waals surface area contributed by atoms with E-state index in [0.29, 0.717) is 16.6 Å². The van der Waals surface area contributed by atoms with Crippen LogP contribution in [-0.2, 0) is 0 Å². The molecular formula is C9H7BrCl3N. The highest BCUT2D eigenvalue weighted by Crippen LogP contribution is 2.30. The van der Waals surface area contributed by atoms with E-state index < -0.39 is 0 Å². The molecule has 5 heteroatoms. The molecule has 0 unspecified atom stereocenters. The summed E-state index contributed by atoms with van der Waals surface area (Å²) in [6, 6.07) is 5.55. The van der Waals surface area contributed by atoms with Crippen molar-refractivity contribution in [1.82, 2.24) is 0 Å². The van der Waals surface area contributed by atoms with Gasteiger partial charge in [0.2, 0.25) is 0 Å². The lowest BCUT2D eigenvalue weighted by atomic mass is 10.3. The third kappa shape index (κ3) is 3.35. The number of hydrogen-bond acceptors (Lipinski definition) is 1. The van der Waals surface area contributed by atoms with Crippen LogP contribution in [0.4, 0.5) is 5.69 Å². The van der Waals surface area contributed by atoms with E-state index in [1.807, 2.05) is 12.1 Å². The van der Waals surface area contributed by atoms with Gasteiger partial charge in [-0.25, -0.2) is 0 Å². The summed E-state index contributed by atoms with van der Waals surface area (Å²) in [4.78, 5) is 0. The fourth-order valence-electron chi connectivity index (χ4n) is 0.859. The average molecular weight is 315 g/mol. The van der Waals surface area contributed by atoms with Gasteiger partial charge in [0.1, 0.15) is 0 Å². The molecule has 0 aliphatic heterocycles. The minimum absolute atomic E-state index is 0.476. The molecule has 0 aromatic heterocycles. The summed E-state index contributed by atoms with van der Waals surface area (Å²) in [7, 11) is 0. The van der Waals surface area contributed by atoms with Crippen molar-refractivity contribution in [2.45, 2.75) is 0 Å². The molecule has 0 spiro atoms. The van der Waals surface area contributed by atoms with Gasteiger partial charge in [-0.2, -0.15) is 0 Å². The van der Waals surface area contributed by atoms with Crippen LogP contribution in [-0.4, -0.2) is 6.54 Å². The van der Waals surface area contributed by atoms with Crippen molar-refractivity contribution in [2.24, 2.45) is 0 Å². The normalized spacial score (nSPS) is 11.6. The molecule has 0 aliphatic rings. The Morgan fingerprint density at radius 3 is 2.86 bits per heavy atom. The summed E-state index contributed by atoms with van der Waals surface area (Å²) in [6.07, 6.45) is 0. The second-order valence-corrected chi connectivity index (χ2v) is 4.41. The van der Waals surface area contributed by atoms with Gasteiger partial charge in [0.15, 0.2) is 0 Å². The maximum atomic E-state index is 5.90. The molecule has 0 saturated carbocycles. The van der Waals surface area contributed by atoms with Crippen molar-refractivity contribution >= 4 is 56.4 Å². The zero-order valence-electron chi connectivity index (χ0n) is 7.03. The highest BCUT2D eigenvalue weighted by Gasteiger charge is 2.02. The molecule has 14 heavy (non-hydrogen) atoms. The Morgan fingerprint density at radius 1 is 1.50 bits per heavy atom. The zero-order chi connectivity index (χ0) is 10.6. The predicted molar refractivity (Wildman–Crippen MR) is 67.4 cm³/mol. The van der Waals surface area contributed by atoms with Gasteiger partial charge >= 0.3 is 0 Å².